The Hall–Kier alpha value is -2.72. The maximum Gasteiger partial charge on any atom is 0.254 e. The molecule has 1 aromatic heterocycles. The van der Waals surface area contributed by atoms with Crippen molar-refractivity contribution in [3.63, 3.8) is 0 Å². The van der Waals surface area contributed by atoms with Gasteiger partial charge in [0, 0.05) is 10.6 Å². The average Bonchev–Trinajstić information content (AvgIpc) is 2.93. The van der Waals surface area contributed by atoms with Crippen molar-refractivity contribution in [1.82, 2.24) is 9.78 Å². The van der Waals surface area contributed by atoms with Crippen LogP contribution in [0, 0.1) is 6.92 Å². The zero-order valence-electron chi connectivity index (χ0n) is 13.0. The molecule has 0 amide bonds. The van der Waals surface area contributed by atoms with Crippen molar-refractivity contribution in [2.24, 2.45) is 4.99 Å². The lowest BCUT2D eigenvalue weighted by atomic mass is 10.0. The van der Waals surface area contributed by atoms with Crippen LogP contribution in [0.1, 0.15) is 22.5 Å². The van der Waals surface area contributed by atoms with Crippen LogP contribution in [0.25, 0.3) is 11.1 Å². The number of aliphatic imine (C=N–C) groups is 1. The van der Waals surface area contributed by atoms with Crippen LogP contribution in [0.3, 0.4) is 0 Å². The monoisotopic (exact) mass is 335 g/mol. The number of halogens is 1. The number of aromatic nitrogens is 2. The first kappa shape index (κ1) is 14.8. The van der Waals surface area contributed by atoms with Gasteiger partial charge in [0.1, 0.15) is 0 Å². The normalized spacial score (nSPS) is 13.6. The maximum absolute atomic E-state index is 12.5. The Bertz CT molecular complexity index is 956. The Morgan fingerprint density at radius 1 is 1.00 bits per heavy atom. The van der Waals surface area contributed by atoms with Gasteiger partial charge in [0.2, 0.25) is 0 Å². The van der Waals surface area contributed by atoms with Gasteiger partial charge in [0.15, 0.2) is 5.82 Å². The molecule has 1 aliphatic rings. The first-order valence-corrected chi connectivity index (χ1v) is 8.03. The summed E-state index contributed by atoms with van der Waals surface area (Å²) in [6.45, 7) is 1.90. The van der Waals surface area contributed by atoms with Gasteiger partial charge in [-0.3, -0.25) is 4.79 Å². The zero-order valence-corrected chi connectivity index (χ0v) is 13.8. The van der Waals surface area contributed by atoms with Crippen molar-refractivity contribution in [2.75, 3.05) is 0 Å². The molecule has 118 valence electrons. The minimum Gasteiger partial charge on any atom is -0.272 e. The third-order valence-corrected chi connectivity index (χ3v) is 4.32. The summed E-state index contributed by atoms with van der Waals surface area (Å²) in [4.78, 5) is 17.3. The van der Waals surface area contributed by atoms with Gasteiger partial charge >= 0.3 is 0 Å². The Balaban J connectivity index is 1.89. The fourth-order valence-electron chi connectivity index (χ4n) is 2.93. The van der Waals surface area contributed by atoms with Crippen molar-refractivity contribution in [2.45, 2.75) is 13.3 Å². The number of hydrogen-bond donors (Lipinski definition) is 0. The van der Waals surface area contributed by atoms with Crippen LogP contribution >= 0.6 is 11.6 Å². The number of aryl methyl sites for hydroxylation is 1. The highest BCUT2D eigenvalue weighted by molar-refractivity contribution is 6.30. The second kappa shape index (κ2) is 5.73. The molecule has 4 nitrogen and oxygen atoms in total. The number of fused-ring (bicyclic) bond motifs is 1. The molecular weight excluding hydrogens is 322 g/mol. The van der Waals surface area contributed by atoms with Gasteiger partial charge < -0.3 is 0 Å². The van der Waals surface area contributed by atoms with Crippen molar-refractivity contribution in [1.29, 1.82) is 0 Å². The standard InChI is InChI=1S/C19H14ClN3O/c1-12-18(14-5-3-2-4-6-14)19-21-16(11-17(24)23(19)22-12)13-7-9-15(20)10-8-13/h2-10H,11H2,1H3. The topological polar surface area (TPSA) is 47.2 Å². The third-order valence-electron chi connectivity index (χ3n) is 4.07. The number of nitrogens with zero attached hydrogens (tertiary/aromatic N) is 3. The molecule has 0 spiro atoms. The van der Waals surface area contributed by atoms with Gasteiger partial charge in [-0.25, -0.2) is 4.99 Å². The highest BCUT2D eigenvalue weighted by Crippen LogP contribution is 2.36. The van der Waals surface area contributed by atoms with E-state index in [1.54, 1.807) is 12.1 Å². The van der Waals surface area contributed by atoms with Crippen LogP contribution in [-0.2, 0) is 0 Å². The second-order valence-electron chi connectivity index (χ2n) is 5.70. The lowest BCUT2D eigenvalue weighted by Gasteiger charge is -2.14. The third kappa shape index (κ3) is 2.45. The van der Waals surface area contributed by atoms with Gasteiger partial charge in [0.25, 0.3) is 5.91 Å². The van der Waals surface area contributed by atoms with E-state index in [1.165, 1.54) is 4.68 Å². The predicted octanol–water partition coefficient (Wildman–Crippen LogP) is 4.68. The van der Waals surface area contributed by atoms with Gasteiger partial charge in [-0.15, -0.1) is 0 Å². The Labute approximate surface area is 144 Å². The molecule has 0 saturated carbocycles. The highest BCUT2D eigenvalue weighted by atomic mass is 35.5. The van der Waals surface area contributed by atoms with E-state index in [2.05, 4.69) is 5.10 Å². The van der Waals surface area contributed by atoms with E-state index < -0.39 is 0 Å². The zero-order chi connectivity index (χ0) is 16.7. The van der Waals surface area contributed by atoms with Crippen LogP contribution in [0.4, 0.5) is 5.82 Å². The maximum atomic E-state index is 12.5. The first-order chi connectivity index (χ1) is 11.6. The van der Waals surface area contributed by atoms with Crippen LogP contribution in [0.2, 0.25) is 5.02 Å². The Morgan fingerprint density at radius 3 is 2.42 bits per heavy atom. The summed E-state index contributed by atoms with van der Waals surface area (Å²) in [7, 11) is 0. The lowest BCUT2D eigenvalue weighted by Crippen LogP contribution is -2.21. The fraction of sp³-hybridized carbons (Fsp3) is 0.105. The number of carbonyl (C=O) groups is 1. The molecule has 0 saturated heterocycles. The van der Waals surface area contributed by atoms with Gasteiger partial charge in [-0.2, -0.15) is 9.78 Å². The van der Waals surface area contributed by atoms with Crippen LogP contribution < -0.4 is 0 Å². The number of hydrogen-bond acceptors (Lipinski definition) is 3. The van der Waals surface area contributed by atoms with Crippen LogP contribution in [0.5, 0.6) is 0 Å². The first-order valence-electron chi connectivity index (χ1n) is 7.65. The molecule has 0 bridgehead atoms. The predicted molar refractivity (Wildman–Crippen MR) is 95.3 cm³/mol. The van der Waals surface area contributed by atoms with Crippen molar-refractivity contribution >= 4 is 29.0 Å². The molecule has 2 heterocycles. The smallest absolute Gasteiger partial charge is 0.254 e. The number of rotatable bonds is 2. The van der Waals surface area contributed by atoms with Crippen molar-refractivity contribution in [3.8, 4) is 11.1 Å². The van der Waals surface area contributed by atoms with Gasteiger partial charge in [0.05, 0.1) is 17.8 Å². The van der Waals surface area contributed by atoms with Gasteiger partial charge in [-0.05, 0) is 30.2 Å². The van der Waals surface area contributed by atoms with Crippen LogP contribution in [0.15, 0.2) is 59.6 Å². The molecule has 5 heteroatoms. The minimum atomic E-state index is -0.0739. The largest absolute Gasteiger partial charge is 0.272 e. The summed E-state index contributed by atoms with van der Waals surface area (Å²) >= 11 is 5.95. The molecule has 3 aromatic rings. The van der Waals surface area contributed by atoms with E-state index in [0.29, 0.717) is 10.8 Å². The lowest BCUT2D eigenvalue weighted by molar-refractivity contribution is 0.0906. The summed E-state index contributed by atoms with van der Waals surface area (Å²) in [5.41, 5.74) is 4.34. The number of benzene rings is 2. The molecule has 0 aliphatic carbocycles. The molecule has 2 aromatic carbocycles. The summed E-state index contributed by atoms with van der Waals surface area (Å²) in [5.74, 6) is 0.523. The molecule has 0 fully saturated rings. The van der Waals surface area contributed by atoms with E-state index >= 15 is 0 Å². The summed E-state index contributed by atoms with van der Waals surface area (Å²) in [6.07, 6.45) is 0.226. The SMILES string of the molecule is Cc1nn2c(c1-c1ccccc1)N=C(c1ccc(Cl)cc1)CC2=O. The summed E-state index contributed by atoms with van der Waals surface area (Å²) in [5, 5.41) is 5.05. The second-order valence-corrected chi connectivity index (χ2v) is 6.13. The van der Waals surface area contributed by atoms with Crippen LogP contribution in [-0.4, -0.2) is 21.4 Å². The van der Waals surface area contributed by atoms with Crippen molar-refractivity contribution < 1.29 is 4.79 Å². The molecular formula is C19H14ClN3O. The highest BCUT2D eigenvalue weighted by Gasteiger charge is 2.26. The molecule has 4 rings (SSSR count). The molecule has 0 unspecified atom stereocenters. The van der Waals surface area contributed by atoms with Gasteiger partial charge in [-0.1, -0.05) is 54.1 Å². The Kier molecular flexibility index (Phi) is 3.54. The minimum absolute atomic E-state index is 0.0739. The molecule has 0 N–H and O–H groups in total. The van der Waals surface area contributed by atoms with E-state index in [9.17, 15) is 4.79 Å². The quantitative estimate of drug-likeness (QED) is 0.682. The van der Waals surface area contributed by atoms with E-state index in [4.69, 9.17) is 16.6 Å². The summed E-state index contributed by atoms with van der Waals surface area (Å²) in [6, 6.07) is 17.3. The van der Waals surface area contributed by atoms with Crippen molar-refractivity contribution in [3.05, 3.63) is 70.9 Å². The average molecular weight is 336 g/mol. The fourth-order valence-corrected chi connectivity index (χ4v) is 3.06. The molecule has 0 radical (unpaired) electrons. The Morgan fingerprint density at radius 2 is 1.71 bits per heavy atom. The summed E-state index contributed by atoms with van der Waals surface area (Å²) < 4.78 is 1.41. The van der Waals surface area contributed by atoms with E-state index in [0.717, 1.165) is 28.1 Å². The molecule has 1 aliphatic heterocycles. The number of carbonyl (C=O) groups excluding carboxylic acids is 1. The van der Waals surface area contributed by atoms with E-state index in [-0.39, 0.29) is 12.3 Å². The van der Waals surface area contributed by atoms with E-state index in [1.807, 2.05) is 49.4 Å². The molecule has 0 atom stereocenters. The molecule has 24 heavy (non-hydrogen) atoms.